The van der Waals surface area contributed by atoms with Gasteiger partial charge in [-0.15, -0.1) is 11.3 Å². The molecule has 0 fully saturated rings. The number of halogens is 1. The maximum Gasteiger partial charge on any atom is 0.265 e. The summed E-state index contributed by atoms with van der Waals surface area (Å²) in [6.45, 7) is 6.48. The molecule has 0 unspecified atom stereocenters. The molecule has 0 radical (unpaired) electrons. The van der Waals surface area contributed by atoms with Gasteiger partial charge in [0.1, 0.15) is 10.7 Å². The van der Waals surface area contributed by atoms with E-state index in [2.05, 4.69) is 15.6 Å². The van der Waals surface area contributed by atoms with Crippen LogP contribution in [-0.4, -0.2) is 16.4 Å². The van der Waals surface area contributed by atoms with Gasteiger partial charge >= 0.3 is 0 Å². The Morgan fingerprint density at radius 1 is 1.38 bits per heavy atom. The second kappa shape index (κ2) is 6.21. The van der Waals surface area contributed by atoms with E-state index in [-0.39, 0.29) is 17.3 Å². The first-order valence-electron chi connectivity index (χ1n) is 6.31. The minimum Gasteiger partial charge on any atom is -0.382 e. The molecule has 2 aromatic heterocycles. The van der Waals surface area contributed by atoms with Crippen LogP contribution >= 0.6 is 34.3 Å². The summed E-state index contributed by atoms with van der Waals surface area (Å²) in [5.41, 5.74) is 5.68. The molecule has 5 nitrogen and oxygen atoms in total. The number of hydrogen-bond donors (Lipinski definition) is 3. The highest BCUT2D eigenvalue weighted by atomic mass is 35.5. The number of aromatic nitrogens is 1. The van der Waals surface area contributed by atoms with Gasteiger partial charge in [0.15, 0.2) is 5.13 Å². The van der Waals surface area contributed by atoms with Crippen LogP contribution in [0.4, 0.5) is 10.9 Å². The van der Waals surface area contributed by atoms with Gasteiger partial charge in [0.05, 0.1) is 10.9 Å². The van der Waals surface area contributed by atoms with Crippen LogP contribution in [0.1, 0.15) is 35.3 Å². The third-order valence-corrected chi connectivity index (χ3v) is 4.61. The molecule has 21 heavy (non-hydrogen) atoms. The van der Waals surface area contributed by atoms with Crippen LogP contribution in [0.2, 0.25) is 4.34 Å². The Kier molecular flexibility index (Phi) is 4.75. The van der Waals surface area contributed by atoms with Crippen molar-refractivity contribution in [2.45, 2.75) is 32.9 Å². The van der Waals surface area contributed by atoms with Crippen LogP contribution in [0.15, 0.2) is 12.1 Å². The Morgan fingerprint density at radius 2 is 2.10 bits per heavy atom. The van der Waals surface area contributed by atoms with Crippen molar-refractivity contribution in [1.29, 1.82) is 0 Å². The van der Waals surface area contributed by atoms with Crippen molar-refractivity contribution in [3.63, 3.8) is 0 Å². The molecule has 8 heteroatoms. The summed E-state index contributed by atoms with van der Waals surface area (Å²) < 4.78 is 0.702. The average Bonchev–Trinajstić information content (AvgIpc) is 2.90. The van der Waals surface area contributed by atoms with Crippen LogP contribution in [-0.2, 0) is 6.54 Å². The molecule has 114 valence electrons. The van der Waals surface area contributed by atoms with Crippen LogP contribution in [0.25, 0.3) is 0 Å². The van der Waals surface area contributed by atoms with Crippen LogP contribution in [0, 0.1) is 0 Å². The predicted octanol–water partition coefficient (Wildman–Crippen LogP) is 3.58. The van der Waals surface area contributed by atoms with Gasteiger partial charge in [0, 0.05) is 10.4 Å². The average molecular weight is 345 g/mol. The van der Waals surface area contributed by atoms with Gasteiger partial charge in [-0.05, 0) is 32.9 Å². The number of carbonyl (C=O) groups excluding carboxylic acids is 1. The SMILES string of the molecule is CC(C)(C)Nc1nc(N)c(C(=O)NCc2ccc(Cl)s2)s1. The summed E-state index contributed by atoms with van der Waals surface area (Å²) >= 11 is 8.54. The number of carbonyl (C=O) groups is 1. The lowest BCUT2D eigenvalue weighted by atomic mass is 10.1. The topological polar surface area (TPSA) is 80.0 Å². The minimum absolute atomic E-state index is 0.133. The number of hydrogen-bond acceptors (Lipinski definition) is 6. The highest BCUT2D eigenvalue weighted by molar-refractivity contribution is 7.18. The largest absolute Gasteiger partial charge is 0.382 e. The first kappa shape index (κ1) is 16.1. The molecular weight excluding hydrogens is 328 g/mol. The van der Waals surface area contributed by atoms with Crippen molar-refractivity contribution in [3.05, 3.63) is 26.2 Å². The van der Waals surface area contributed by atoms with E-state index in [1.807, 2.05) is 26.8 Å². The number of rotatable bonds is 4. The molecule has 1 amide bonds. The van der Waals surface area contributed by atoms with Crippen molar-refractivity contribution in [3.8, 4) is 0 Å². The monoisotopic (exact) mass is 344 g/mol. The molecule has 0 saturated carbocycles. The maximum atomic E-state index is 12.1. The quantitative estimate of drug-likeness (QED) is 0.792. The molecule has 4 N–H and O–H groups in total. The van der Waals surface area contributed by atoms with Gasteiger partial charge in [0.2, 0.25) is 0 Å². The van der Waals surface area contributed by atoms with Gasteiger partial charge in [-0.1, -0.05) is 22.9 Å². The third-order valence-electron chi connectivity index (χ3n) is 2.39. The van der Waals surface area contributed by atoms with Crippen LogP contribution in [0.3, 0.4) is 0 Å². The number of nitrogens with two attached hydrogens (primary N) is 1. The van der Waals surface area contributed by atoms with E-state index < -0.39 is 0 Å². The number of nitrogens with zero attached hydrogens (tertiary/aromatic N) is 1. The number of nitrogens with one attached hydrogen (secondary N) is 2. The zero-order chi connectivity index (χ0) is 15.6. The molecule has 2 aromatic rings. The van der Waals surface area contributed by atoms with Crippen LogP contribution < -0.4 is 16.4 Å². The summed E-state index contributed by atoms with van der Waals surface area (Å²) in [5, 5.41) is 6.67. The second-order valence-electron chi connectivity index (χ2n) is 5.50. The number of thiophene rings is 1. The third kappa shape index (κ3) is 4.59. The van der Waals surface area contributed by atoms with E-state index in [9.17, 15) is 4.79 Å². The molecule has 0 saturated heterocycles. The number of amides is 1. The summed E-state index contributed by atoms with van der Waals surface area (Å²) in [6.07, 6.45) is 0. The predicted molar refractivity (Wildman–Crippen MR) is 90.4 cm³/mol. The fourth-order valence-corrected chi connectivity index (χ4v) is 3.60. The molecule has 2 rings (SSSR count). The summed E-state index contributed by atoms with van der Waals surface area (Å²) in [7, 11) is 0. The normalized spacial score (nSPS) is 11.4. The van der Waals surface area contributed by atoms with Crippen molar-refractivity contribution in [1.82, 2.24) is 10.3 Å². The summed E-state index contributed by atoms with van der Waals surface area (Å²) in [4.78, 5) is 17.7. The molecule has 0 aliphatic carbocycles. The summed E-state index contributed by atoms with van der Waals surface area (Å²) in [6, 6.07) is 3.69. The van der Waals surface area contributed by atoms with Crippen molar-refractivity contribution >= 4 is 51.1 Å². The second-order valence-corrected chi connectivity index (χ2v) is 8.30. The molecule has 0 bridgehead atoms. The van der Waals surface area contributed by atoms with Crippen LogP contribution in [0.5, 0.6) is 0 Å². The fraction of sp³-hybridized carbons (Fsp3) is 0.385. The van der Waals surface area contributed by atoms with Crippen molar-refractivity contribution < 1.29 is 4.79 Å². The zero-order valence-corrected chi connectivity index (χ0v) is 14.4. The van der Waals surface area contributed by atoms with Crippen molar-refractivity contribution in [2.75, 3.05) is 11.1 Å². The highest BCUT2D eigenvalue weighted by Gasteiger charge is 2.19. The standard InChI is InChI=1S/C13H17ClN4OS2/c1-13(2,3)18-12-17-10(15)9(21-12)11(19)16-6-7-4-5-8(14)20-7/h4-5H,6,15H2,1-3H3,(H,16,19)(H,17,18). The fourth-order valence-electron chi connectivity index (χ4n) is 1.56. The lowest BCUT2D eigenvalue weighted by Gasteiger charge is -2.19. The lowest BCUT2D eigenvalue weighted by Crippen LogP contribution is -2.25. The maximum absolute atomic E-state index is 12.1. The number of anilines is 2. The molecule has 0 aliphatic heterocycles. The first-order valence-corrected chi connectivity index (χ1v) is 8.32. The lowest BCUT2D eigenvalue weighted by molar-refractivity contribution is 0.0956. The Morgan fingerprint density at radius 3 is 2.67 bits per heavy atom. The number of thiazole rings is 1. The van der Waals surface area contributed by atoms with Gasteiger partial charge in [-0.2, -0.15) is 0 Å². The van der Waals surface area contributed by atoms with E-state index in [0.717, 1.165) is 4.88 Å². The van der Waals surface area contributed by atoms with Crippen molar-refractivity contribution in [2.24, 2.45) is 0 Å². The van der Waals surface area contributed by atoms with E-state index in [1.54, 1.807) is 6.07 Å². The molecule has 0 aromatic carbocycles. The van der Waals surface area contributed by atoms with Gasteiger partial charge < -0.3 is 16.4 Å². The Balaban J connectivity index is 2.02. The molecular formula is C13H17ClN4OS2. The van der Waals surface area contributed by atoms with Gasteiger partial charge in [0.25, 0.3) is 5.91 Å². The van der Waals surface area contributed by atoms with E-state index >= 15 is 0 Å². The Hall–Kier alpha value is -1.31. The molecule has 2 heterocycles. The zero-order valence-electron chi connectivity index (χ0n) is 12.0. The van der Waals surface area contributed by atoms with Gasteiger partial charge in [-0.25, -0.2) is 4.98 Å². The van der Waals surface area contributed by atoms with E-state index in [1.165, 1.54) is 22.7 Å². The number of nitrogen functional groups attached to an aromatic ring is 1. The Labute approximate surface area is 136 Å². The smallest absolute Gasteiger partial charge is 0.265 e. The molecule has 0 aliphatic rings. The van der Waals surface area contributed by atoms with E-state index in [4.69, 9.17) is 17.3 Å². The summed E-state index contributed by atoms with van der Waals surface area (Å²) in [5.74, 6) is 0.0185. The molecule has 0 spiro atoms. The molecule has 0 atom stereocenters. The highest BCUT2D eigenvalue weighted by Crippen LogP contribution is 2.27. The van der Waals surface area contributed by atoms with E-state index in [0.29, 0.717) is 20.9 Å². The first-order chi connectivity index (χ1) is 9.74. The van der Waals surface area contributed by atoms with Gasteiger partial charge in [-0.3, -0.25) is 4.79 Å². The minimum atomic E-state index is -0.225. The Bertz CT molecular complexity index is 645.